The molecule has 3 rings (SSSR count). The summed E-state index contributed by atoms with van der Waals surface area (Å²) in [5.74, 6) is 0.455. The van der Waals surface area contributed by atoms with E-state index in [0.29, 0.717) is 42.3 Å². The lowest BCUT2D eigenvalue weighted by molar-refractivity contribution is -0.143. The zero-order chi connectivity index (χ0) is 23.5. The van der Waals surface area contributed by atoms with Crippen molar-refractivity contribution in [1.82, 2.24) is 0 Å². The predicted octanol–water partition coefficient (Wildman–Crippen LogP) is 5.56. The van der Waals surface area contributed by atoms with Crippen molar-refractivity contribution in [3.8, 4) is 28.7 Å². The van der Waals surface area contributed by atoms with Crippen molar-refractivity contribution in [2.24, 2.45) is 0 Å². The van der Waals surface area contributed by atoms with Gasteiger partial charge < -0.3 is 14.2 Å². The van der Waals surface area contributed by atoms with Crippen molar-refractivity contribution >= 4 is 11.9 Å². The molecule has 0 amide bonds. The number of carbonyl (C=O) groups is 2. The highest BCUT2D eigenvalue weighted by Crippen LogP contribution is 2.23. The summed E-state index contributed by atoms with van der Waals surface area (Å²) in [7, 11) is 0. The first-order valence-corrected chi connectivity index (χ1v) is 10.8. The Morgan fingerprint density at radius 3 is 1.97 bits per heavy atom. The first-order chi connectivity index (χ1) is 16.1. The van der Waals surface area contributed by atoms with Crippen LogP contribution < -0.4 is 9.47 Å². The van der Waals surface area contributed by atoms with Crippen LogP contribution in [0.15, 0.2) is 72.8 Å². The summed E-state index contributed by atoms with van der Waals surface area (Å²) in [6.45, 7) is 2.66. The molecule has 0 aromatic heterocycles. The van der Waals surface area contributed by atoms with E-state index in [1.54, 1.807) is 55.5 Å². The van der Waals surface area contributed by atoms with Gasteiger partial charge in [0.05, 0.1) is 30.4 Å². The molecule has 33 heavy (non-hydrogen) atoms. The zero-order valence-corrected chi connectivity index (χ0v) is 18.5. The molecular weight excluding hydrogens is 418 g/mol. The average molecular weight is 443 g/mol. The number of benzene rings is 3. The number of ether oxygens (including phenoxy) is 3. The maximum atomic E-state index is 12.4. The lowest BCUT2D eigenvalue weighted by atomic mass is 10.0. The molecule has 0 saturated heterocycles. The van der Waals surface area contributed by atoms with E-state index in [4.69, 9.17) is 19.5 Å². The first kappa shape index (κ1) is 23.6. The summed E-state index contributed by atoms with van der Waals surface area (Å²) in [6.07, 6.45) is 1.88. The van der Waals surface area contributed by atoms with Gasteiger partial charge in [-0.05, 0) is 72.5 Å². The highest BCUT2D eigenvalue weighted by Gasteiger charge is 2.09. The third-order valence-corrected chi connectivity index (χ3v) is 4.86. The van der Waals surface area contributed by atoms with Gasteiger partial charge in [0.15, 0.2) is 0 Å². The van der Waals surface area contributed by atoms with Crippen LogP contribution in [0.4, 0.5) is 0 Å². The summed E-state index contributed by atoms with van der Waals surface area (Å²) in [4.78, 5) is 23.5. The summed E-state index contributed by atoms with van der Waals surface area (Å²) in [5.41, 5.74) is 2.97. The predicted molar refractivity (Wildman–Crippen MR) is 124 cm³/mol. The number of carbonyl (C=O) groups excluding carboxylic acids is 2. The number of rotatable bonds is 10. The lowest BCUT2D eigenvalue weighted by Gasteiger charge is -2.08. The summed E-state index contributed by atoms with van der Waals surface area (Å²) in [6, 6.07) is 23.4. The molecule has 3 aromatic rings. The number of hydrogen-bond donors (Lipinski definition) is 0. The second-order valence-corrected chi connectivity index (χ2v) is 7.26. The van der Waals surface area contributed by atoms with Gasteiger partial charge in [0.2, 0.25) is 0 Å². The maximum absolute atomic E-state index is 12.4. The summed E-state index contributed by atoms with van der Waals surface area (Å²) >= 11 is 0. The van der Waals surface area contributed by atoms with Gasteiger partial charge in [-0.2, -0.15) is 5.26 Å². The van der Waals surface area contributed by atoms with Gasteiger partial charge in [0, 0.05) is 6.42 Å². The van der Waals surface area contributed by atoms with E-state index in [1.165, 1.54) is 0 Å². The fourth-order valence-corrected chi connectivity index (χ4v) is 2.99. The van der Waals surface area contributed by atoms with Crippen molar-refractivity contribution in [2.45, 2.75) is 26.2 Å². The van der Waals surface area contributed by atoms with Gasteiger partial charge in [0.1, 0.15) is 11.5 Å². The van der Waals surface area contributed by atoms with E-state index in [0.717, 1.165) is 24.0 Å². The molecule has 3 aromatic carbocycles. The van der Waals surface area contributed by atoms with E-state index >= 15 is 0 Å². The molecule has 0 atom stereocenters. The van der Waals surface area contributed by atoms with Crippen LogP contribution in [0, 0.1) is 11.3 Å². The van der Waals surface area contributed by atoms with Gasteiger partial charge in [-0.3, -0.25) is 4.79 Å². The van der Waals surface area contributed by atoms with E-state index in [-0.39, 0.29) is 5.97 Å². The molecule has 168 valence electrons. The molecule has 0 aliphatic carbocycles. The minimum absolute atomic E-state index is 0.194. The van der Waals surface area contributed by atoms with Crippen LogP contribution in [0.2, 0.25) is 0 Å². The minimum Gasteiger partial charge on any atom is -0.494 e. The fourth-order valence-electron chi connectivity index (χ4n) is 2.99. The highest BCUT2D eigenvalue weighted by atomic mass is 16.5. The Labute approximate surface area is 193 Å². The molecule has 0 saturated carbocycles. The lowest BCUT2D eigenvalue weighted by Crippen LogP contribution is -2.08. The van der Waals surface area contributed by atoms with Gasteiger partial charge in [0.25, 0.3) is 0 Å². The Hall–Kier alpha value is -4.11. The van der Waals surface area contributed by atoms with Crippen molar-refractivity contribution < 1.29 is 23.8 Å². The van der Waals surface area contributed by atoms with Crippen molar-refractivity contribution in [3.63, 3.8) is 0 Å². The van der Waals surface area contributed by atoms with Gasteiger partial charge >= 0.3 is 11.9 Å². The van der Waals surface area contributed by atoms with Gasteiger partial charge in [-0.1, -0.05) is 31.2 Å². The standard InChI is InChI=1S/C27H25NO5/c1-2-26(29)32-18-4-3-17-31-24-13-11-23(12-14-24)27(30)33-25-15-9-22(10-16-25)21-7-5-20(19-28)6-8-21/h5-16H,2-4,17-18H2,1H3. The third kappa shape index (κ3) is 7.22. The van der Waals surface area contributed by atoms with E-state index in [2.05, 4.69) is 6.07 Å². The van der Waals surface area contributed by atoms with Crippen LogP contribution >= 0.6 is 0 Å². The SMILES string of the molecule is CCC(=O)OCCCCOc1ccc(C(=O)Oc2ccc(-c3ccc(C#N)cc3)cc2)cc1. The molecule has 0 aliphatic rings. The van der Waals surface area contributed by atoms with Crippen molar-refractivity contribution in [1.29, 1.82) is 5.26 Å². The molecule has 0 unspecified atom stereocenters. The Kier molecular flexibility index (Phi) is 8.61. The largest absolute Gasteiger partial charge is 0.494 e. The Balaban J connectivity index is 1.46. The van der Waals surface area contributed by atoms with E-state index < -0.39 is 5.97 Å². The number of esters is 2. The van der Waals surface area contributed by atoms with Crippen molar-refractivity contribution in [2.75, 3.05) is 13.2 Å². The number of hydrogen-bond acceptors (Lipinski definition) is 6. The second-order valence-electron chi connectivity index (χ2n) is 7.26. The van der Waals surface area contributed by atoms with Crippen LogP contribution in [-0.4, -0.2) is 25.2 Å². The Morgan fingerprint density at radius 1 is 0.788 bits per heavy atom. The van der Waals surface area contributed by atoms with Gasteiger partial charge in [-0.25, -0.2) is 4.79 Å². The molecule has 0 bridgehead atoms. The molecule has 0 radical (unpaired) electrons. The summed E-state index contributed by atoms with van der Waals surface area (Å²) < 4.78 is 16.1. The molecule has 0 fully saturated rings. The maximum Gasteiger partial charge on any atom is 0.343 e. The topological polar surface area (TPSA) is 85.6 Å². The minimum atomic E-state index is -0.453. The monoisotopic (exact) mass is 443 g/mol. The second kappa shape index (κ2) is 12.1. The van der Waals surface area contributed by atoms with Crippen LogP contribution in [0.1, 0.15) is 42.1 Å². The normalized spacial score (nSPS) is 10.2. The van der Waals surface area contributed by atoms with Crippen LogP contribution in [0.25, 0.3) is 11.1 Å². The first-order valence-electron chi connectivity index (χ1n) is 10.8. The molecule has 0 aliphatic heterocycles. The number of nitriles is 1. The van der Waals surface area contributed by atoms with E-state index in [1.807, 2.05) is 24.3 Å². The fraction of sp³-hybridized carbons (Fsp3) is 0.222. The Morgan fingerprint density at radius 2 is 1.36 bits per heavy atom. The molecular formula is C27H25NO5. The third-order valence-electron chi connectivity index (χ3n) is 4.86. The summed E-state index contributed by atoms with van der Waals surface area (Å²) in [5, 5.41) is 8.90. The van der Waals surface area contributed by atoms with Crippen LogP contribution in [0.3, 0.4) is 0 Å². The van der Waals surface area contributed by atoms with Crippen LogP contribution in [-0.2, 0) is 9.53 Å². The van der Waals surface area contributed by atoms with Crippen LogP contribution in [0.5, 0.6) is 11.5 Å². The molecule has 0 heterocycles. The average Bonchev–Trinajstić information content (AvgIpc) is 2.86. The number of unbranched alkanes of at least 4 members (excludes halogenated alkanes) is 1. The quantitative estimate of drug-likeness (QED) is 0.232. The smallest absolute Gasteiger partial charge is 0.343 e. The highest BCUT2D eigenvalue weighted by molar-refractivity contribution is 5.91. The zero-order valence-electron chi connectivity index (χ0n) is 18.5. The number of nitrogens with zero attached hydrogens (tertiary/aromatic N) is 1. The molecule has 6 heteroatoms. The molecule has 6 nitrogen and oxygen atoms in total. The Bertz CT molecular complexity index is 1100. The van der Waals surface area contributed by atoms with Gasteiger partial charge in [-0.15, -0.1) is 0 Å². The molecule has 0 N–H and O–H groups in total. The van der Waals surface area contributed by atoms with E-state index in [9.17, 15) is 9.59 Å². The van der Waals surface area contributed by atoms with Crippen molar-refractivity contribution in [3.05, 3.63) is 83.9 Å². The molecule has 0 spiro atoms.